The molecule has 14 heteroatoms. The number of hydrogen-bond acceptors (Lipinski definition) is 13. The summed E-state index contributed by atoms with van der Waals surface area (Å²) in [5.41, 5.74) is 30.0. The van der Waals surface area contributed by atoms with Gasteiger partial charge in [-0.3, -0.25) is 34.4 Å². The molecule has 0 fully saturated rings. The summed E-state index contributed by atoms with van der Waals surface area (Å²) >= 11 is 0.750. The Morgan fingerprint density at radius 2 is 1.17 bits per heavy atom. The van der Waals surface area contributed by atoms with E-state index in [-0.39, 0.29) is 19.1 Å². The van der Waals surface area contributed by atoms with Gasteiger partial charge >= 0.3 is 23.7 Å². The number of rotatable bonds is 8. The van der Waals surface area contributed by atoms with Gasteiger partial charge in [0.1, 0.15) is 0 Å². The Kier molecular flexibility index (Phi) is 33.1. The van der Waals surface area contributed by atoms with E-state index in [1.165, 1.54) is 0 Å². The first-order valence-corrected chi connectivity index (χ1v) is 9.20. The summed E-state index contributed by atoms with van der Waals surface area (Å²) in [7, 11) is 0. The van der Waals surface area contributed by atoms with E-state index in [4.69, 9.17) is 63.4 Å². The van der Waals surface area contributed by atoms with Crippen molar-refractivity contribution in [2.24, 2.45) is 34.4 Å². The summed E-state index contributed by atoms with van der Waals surface area (Å²) < 4.78 is 8.25. The zero-order chi connectivity index (χ0) is 24.7. The second-order valence-corrected chi connectivity index (χ2v) is 6.16. The maximum absolute atomic E-state index is 8.53. The number of aliphatic hydroxyl groups excluding tert-OH is 2. The predicted molar refractivity (Wildman–Crippen MR) is 105 cm³/mol. The van der Waals surface area contributed by atoms with Gasteiger partial charge in [0.2, 0.25) is 5.85 Å². The van der Waals surface area contributed by atoms with Crippen molar-refractivity contribution in [3.05, 3.63) is 13.8 Å². The van der Waals surface area contributed by atoms with Crippen molar-refractivity contribution in [1.82, 2.24) is 0 Å². The summed E-state index contributed by atoms with van der Waals surface area (Å²) in [5.74, 6) is -4.54. The number of hydrogen-bond donors (Lipinski definition) is 11. The van der Waals surface area contributed by atoms with Gasteiger partial charge in [-0.1, -0.05) is 0 Å². The Labute approximate surface area is 185 Å². The molecule has 0 saturated carbocycles. The van der Waals surface area contributed by atoms with Crippen molar-refractivity contribution >= 4 is 0 Å². The summed E-state index contributed by atoms with van der Waals surface area (Å²) in [4.78, 5) is 3.68. The van der Waals surface area contributed by atoms with Crippen LogP contribution in [0.2, 0.25) is 0 Å². The van der Waals surface area contributed by atoms with Crippen LogP contribution in [0.5, 0.6) is 0 Å². The minimum atomic E-state index is -1.51. The summed E-state index contributed by atoms with van der Waals surface area (Å²) in [6.07, 6.45) is 2.26. The minimum absolute atomic E-state index is 0.0144. The van der Waals surface area contributed by atoms with Crippen molar-refractivity contribution in [1.29, 1.82) is 0 Å². The van der Waals surface area contributed by atoms with E-state index in [0.717, 1.165) is 20.4 Å². The van der Waals surface area contributed by atoms with Crippen LogP contribution in [0.15, 0.2) is 0 Å². The van der Waals surface area contributed by atoms with Crippen LogP contribution in [0.3, 0.4) is 0 Å². The molecule has 0 unspecified atom stereocenters. The third-order valence-electron chi connectivity index (χ3n) is 2.05. The van der Waals surface area contributed by atoms with Crippen LogP contribution in [0.1, 0.15) is 52.4 Å². The van der Waals surface area contributed by atoms with Crippen molar-refractivity contribution in [3.8, 4) is 0 Å². The van der Waals surface area contributed by atoms with Gasteiger partial charge in [-0.25, -0.2) is 10.1 Å². The Morgan fingerprint density at radius 3 is 1.28 bits per heavy atom. The van der Waals surface area contributed by atoms with Gasteiger partial charge < -0.3 is 34.3 Å². The van der Waals surface area contributed by atoms with Crippen LogP contribution in [-0.4, -0.2) is 55.9 Å². The van der Waals surface area contributed by atoms with E-state index in [1.54, 1.807) is 13.8 Å². The van der Waals surface area contributed by atoms with E-state index < -0.39 is 17.5 Å². The maximum atomic E-state index is 8.53. The molecule has 0 spiro atoms. The molecule has 29 heavy (non-hydrogen) atoms. The van der Waals surface area contributed by atoms with E-state index >= 15 is 0 Å². The van der Waals surface area contributed by atoms with Crippen LogP contribution in [-0.2, 0) is 28.6 Å². The fourth-order valence-electron chi connectivity index (χ4n) is 0.967. The molecule has 0 rings (SSSR count). The van der Waals surface area contributed by atoms with Crippen molar-refractivity contribution in [2.75, 3.05) is 6.61 Å². The molecule has 0 bridgehead atoms. The summed E-state index contributed by atoms with van der Waals surface area (Å²) in [6, 6.07) is 0. The standard InChI is InChI=1S/C4H12N2O3.2C4H11N2O.C3H8O.O.Ti/c5-4(6,9-8)2-1-3-7;2*1-2-3-4(5,6)7;1-3(2)4;;/h7-8H,1-3,5-6H2;2*7H,1-3,5-6H2;3-4H,1-2H3;;/q;2*-1;;;+2. The van der Waals surface area contributed by atoms with Gasteiger partial charge in [0, 0.05) is 19.1 Å². The van der Waals surface area contributed by atoms with Crippen LogP contribution in [0, 0.1) is 13.8 Å². The topological polar surface area (TPSA) is 284 Å². The average Bonchev–Trinajstić information content (AvgIpc) is 2.53. The molecule has 0 amide bonds. The average molecular weight is 466 g/mol. The van der Waals surface area contributed by atoms with Crippen molar-refractivity contribution in [2.45, 2.75) is 76.0 Å². The molecule has 178 valence electrons. The molecule has 0 saturated heterocycles. The quantitative estimate of drug-likeness (QED) is 0.0576. The first-order chi connectivity index (χ1) is 13.0. The molecule has 0 heterocycles. The Morgan fingerprint density at radius 1 is 0.897 bits per heavy atom. The Bertz CT molecular complexity index is 298. The van der Waals surface area contributed by atoms with E-state index in [9.17, 15) is 0 Å². The molecule has 0 aliphatic rings. The molecule has 13 nitrogen and oxygen atoms in total. The first kappa shape index (κ1) is 39.5. The second kappa shape index (κ2) is 24.3. The summed E-state index contributed by atoms with van der Waals surface area (Å²) in [6.45, 7) is 10.3. The number of aliphatic hydroxyl groups is 4. The zero-order valence-corrected chi connectivity index (χ0v) is 19.0. The third-order valence-corrected chi connectivity index (χ3v) is 2.05. The zero-order valence-electron chi connectivity index (χ0n) is 17.5. The molecular formula is C15H42N6O7Ti. The molecule has 0 aromatic heterocycles. The first-order valence-electron chi connectivity index (χ1n) is 8.56. The third kappa shape index (κ3) is 73.9. The Hall–Kier alpha value is 0.0343. The van der Waals surface area contributed by atoms with Crippen LogP contribution >= 0.6 is 0 Å². The molecule has 0 aliphatic heterocycles. The Balaban J connectivity index is -0.0000000882. The van der Waals surface area contributed by atoms with Crippen molar-refractivity contribution < 1.29 is 54.3 Å². The van der Waals surface area contributed by atoms with E-state index in [2.05, 4.69) is 18.7 Å². The van der Waals surface area contributed by atoms with Gasteiger partial charge in [-0.05, 0) is 33.1 Å². The van der Waals surface area contributed by atoms with E-state index in [0.29, 0.717) is 32.1 Å². The van der Waals surface area contributed by atoms with Crippen molar-refractivity contribution in [3.63, 3.8) is 0 Å². The molecule has 0 aliphatic carbocycles. The number of nitrogens with two attached hydrogens (primary N) is 6. The fraction of sp³-hybridized carbons (Fsp3) is 0.867. The second-order valence-electron chi connectivity index (χ2n) is 6.16. The van der Waals surface area contributed by atoms with Gasteiger partial charge in [-0.15, -0.1) is 0 Å². The van der Waals surface area contributed by atoms with Crippen LogP contribution < -0.4 is 34.4 Å². The molecular weight excluding hydrogens is 424 g/mol. The van der Waals surface area contributed by atoms with Gasteiger partial charge in [-0.2, -0.15) is 12.8 Å². The van der Waals surface area contributed by atoms with Crippen LogP contribution in [0.25, 0.3) is 0 Å². The van der Waals surface area contributed by atoms with Crippen LogP contribution in [0.4, 0.5) is 0 Å². The van der Waals surface area contributed by atoms with E-state index in [1.807, 2.05) is 0 Å². The van der Waals surface area contributed by atoms with Gasteiger partial charge in [0.25, 0.3) is 0 Å². The summed E-state index contributed by atoms with van der Waals surface area (Å²) in [5, 5.41) is 41.4. The fourth-order valence-corrected chi connectivity index (χ4v) is 0.967. The molecule has 0 atom stereocenters. The SMILES string of the molecule is CC(C)O.NC(N)(CCCO)OO.[CH2-]CCC(N)(N)O.[CH2-]CCC(N)(N)O.[O]=[Ti+2]. The van der Waals surface area contributed by atoms with Gasteiger partial charge in [0.05, 0.1) is 0 Å². The van der Waals surface area contributed by atoms with Gasteiger partial charge in [0.15, 0.2) is 11.7 Å². The normalized spacial score (nSPS) is 11.0. The monoisotopic (exact) mass is 466 g/mol. The molecule has 0 aromatic carbocycles. The predicted octanol–water partition coefficient (Wildman–Crippen LogP) is -2.59. The molecule has 0 radical (unpaired) electrons. The molecule has 17 N–H and O–H groups in total. The molecule has 0 aromatic rings.